The molecule has 0 bridgehead atoms. The maximum atomic E-state index is 13.3. The molecular formula is C42H75NO16. The van der Waals surface area contributed by atoms with Crippen molar-refractivity contribution in [2.45, 2.75) is 198 Å². The molecule has 0 saturated carbocycles. The van der Waals surface area contributed by atoms with Gasteiger partial charge in [-0.3, -0.25) is 14.4 Å². The second-order valence-corrected chi connectivity index (χ2v) is 17.7. The number of carbonyl (C=O) groups excluding carboxylic acids is 3. The highest BCUT2D eigenvalue weighted by atomic mass is 16.7. The molecule has 16 atom stereocenters. The van der Waals surface area contributed by atoms with Gasteiger partial charge in [-0.2, -0.15) is 0 Å². The molecule has 17 heteroatoms. The second kappa shape index (κ2) is 23.4. The SMILES string of the molecule is COC(C[C@H]1C[C@@H](C)[C@H](O)CCC[C@@H](C)OC(=O)C[C@@H](OC(C)=O)[C@H](OC)C1O[C@@H]1O[C@H](C)[C@@H](O[C@H]2C[C@@](C)(O)[C@@H](OC(=O)CC(C)C)[C@H](C)O2)[C@H](N(C)C)[C@H]1O)OC. The minimum atomic E-state index is -1.49. The summed E-state index contributed by atoms with van der Waals surface area (Å²) in [6.07, 6.45) is -9.94. The Balaban J connectivity index is 2.01. The summed E-state index contributed by atoms with van der Waals surface area (Å²) in [4.78, 5) is 40.2. The van der Waals surface area contributed by atoms with Gasteiger partial charge in [-0.05, 0) is 85.2 Å². The van der Waals surface area contributed by atoms with Gasteiger partial charge < -0.3 is 67.6 Å². The third kappa shape index (κ3) is 14.8. The number of rotatable bonds is 14. The minimum Gasteiger partial charge on any atom is -0.463 e. The maximum Gasteiger partial charge on any atom is 0.309 e. The highest BCUT2D eigenvalue weighted by Crippen LogP contribution is 2.38. The van der Waals surface area contributed by atoms with Gasteiger partial charge in [-0.25, -0.2) is 0 Å². The summed E-state index contributed by atoms with van der Waals surface area (Å²) >= 11 is 0. The topological polar surface area (TPSA) is 207 Å². The van der Waals surface area contributed by atoms with E-state index in [1.54, 1.807) is 46.7 Å². The first kappa shape index (κ1) is 51.3. The molecule has 344 valence electrons. The van der Waals surface area contributed by atoms with E-state index in [0.29, 0.717) is 25.7 Å². The van der Waals surface area contributed by atoms with Gasteiger partial charge in [0.15, 0.2) is 25.0 Å². The van der Waals surface area contributed by atoms with Crippen LogP contribution in [0.3, 0.4) is 0 Å². The average Bonchev–Trinajstić information content (AvgIpc) is 3.11. The zero-order chi connectivity index (χ0) is 44.4. The Labute approximate surface area is 350 Å². The Morgan fingerprint density at radius 3 is 2.15 bits per heavy atom. The van der Waals surface area contributed by atoms with Crippen molar-refractivity contribution >= 4 is 17.9 Å². The van der Waals surface area contributed by atoms with Crippen LogP contribution in [0.2, 0.25) is 0 Å². The molecule has 0 radical (unpaired) electrons. The van der Waals surface area contributed by atoms with Crippen molar-refractivity contribution in [1.82, 2.24) is 4.90 Å². The summed E-state index contributed by atoms with van der Waals surface area (Å²) in [6.45, 7) is 13.8. The van der Waals surface area contributed by atoms with Crippen LogP contribution in [-0.2, 0) is 61.8 Å². The fourth-order valence-electron chi connectivity index (χ4n) is 8.70. The molecule has 0 aromatic rings. The number of aliphatic hydroxyl groups excluding tert-OH is 2. The zero-order valence-corrected chi connectivity index (χ0v) is 37.6. The first-order chi connectivity index (χ1) is 27.6. The Kier molecular flexibility index (Phi) is 20.4. The summed E-state index contributed by atoms with van der Waals surface area (Å²) in [5, 5.41) is 35.0. The lowest BCUT2D eigenvalue weighted by Gasteiger charge is -2.50. The fraction of sp³-hybridized carbons (Fsp3) is 0.929. The predicted octanol–water partition coefficient (Wildman–Crippen LogP) is 3.10. The number of aliphatic hydroxyl groups is 3. The first-order valence-corrected chi connectivity index (χ1v) is 21.1. The van der Waals surface area contributed by atoms with E-state index in [2.05, 4.69) is 0 Å². The number of carbonyl (C=O) groups is 3. The molecule has 3 saturated heterocycles. The summed E-state index contributed by atoms with van der Waals surface area (Å²) in [7, 11) is 7.98. The molecule has 1 unspecified atom stereocenters. The van der Waals surface area contributed by atoms with Crippen LogP contribution < -0.4 is 0 Å². The van der Waals surface area contributed by atoms with E-state index in [-0.39, 0.29) is 37.5 Å². The minimum absolute atomic E-state index is 0.0292. The molecule has 17 nitrogen and oxygen atoms in total. The molecule has 0 spiro atoms. The maximum absolute atomic E-state index is 13.3. The van der Waals surface area contributed by atoms with E-state index in [9.17, 15) is 29.7 Å². The van der Waals surface area contributed by atoms with Crippen LogP contribution in [-0.4, -0.2) is 165 Å². The predicted molar refractivity (Wildman–Crippen MR) is 213 cm³/mol. The standard InChI is InChI=1S/C42H75NO16/c1-22(2)17-31(46)57-40-26(6)54-34(21-42(40,8)49)58-37-25(5)55-41(36(48)35(37)43(9)10)59-38-28(19-33(50-11)51-12)18-23(3)29(45)16-14-15-24(4)53-32(47)20-30(39(38)52-13)56-27(7)44/h22-26,28-30,33-41,45,48-49H,14-21H2,1-13H3/t23-,24-,25-,26+,28-,29-,30-,34+,35-,36-,37-,38?,39+,40+,41+,42-/m1/s1. The van der Waals surface area contributed by atoms with Gasteiger partial charge in [0.1, 0.15) is 30.0 Å². The van der Waals surface area contributed by atoms with E-state index < -0.39 is 115 Å². The molecule has 0 aromatic heterocycles. The van der Waals surface area contributed by atoms with Gasteiger partial charge in [0, 0.05) is 47.5 Å². The van der Waals surface area contributed by atoms with Crippen molar-refractivity contribution in [3.63, 3.8) is 0 Å². The van der Waals surface area contributed by atoms with Crippen LogP contribution in [0.15, 0.2) is 0 Å². The number of hydrogen-bond donors (Lipinski definition) is 3. The number of likely N-dealkylation sites (N-methyl/N-ethyl adjacent to an activating group) is 1. The number of methoxy groups -OCH3 is 3. The van der Waals surface area contributed by atoms with Gasteiger partial charge in [0.25, 0.3) is 0 Å². The Morgan fingerprint density at radius 1 is 0.932 bits per heavy atom. The smallest absolute Gasteiger partial charge is 0.309 e. The molecule has 59 heavy (non-hydrogen) atoms. The van der Waals surface area contributed by atoms with Gasteiger partial charge >= 0.3 is 17.9 Å². The lowest BCUT2D eigenvalue weighted by atomic mass is 9.81. The van der Waals surface area contributed by atoms with Crippen LogP contribution in [0.4, 0.5) is 0 Å². The zero-order valence-electron chi connectivity index (χ0n) is 37.6. The fourth-order valence-corrected chi connectivity index (χ4v) is 8.70. The van der Waals surface area contributed by atoms with E-state index >= 15 is 0 Å². The van der Waals surface area contributed by atoms with Crippen LogP contribution in [0.5, 0.6) is 0 Å². The Hall–Kier alpha value is -2.03. The molecule has 0 aliphatic carbocycles. The van der Waals surface area contributed by atoms with E-state index in [4.69, 9.17) is 47.4 Å². The number of nitrogens with zero attached hydrogens (tertiary/aromatic N) is 1. The lowest BCUT2D eigenvalue weighted by molar-refractivity contribution is -0.345. The summed E-state index contributed by atoms with van der Waals surface area (Å²) in [5.41, 5.74) is -1.49. The van der Waals surface area contributed by atoms with Crippen molar-refractivity contribution in [3.05, 3.63) is 0 Å². The molecule has 3 heterocycles. The average molecular weight is 850 g/mol. The van der Waals surface area contributed by atoms with Crippen LogP contribution in [0.25, 0.3) is 0 Å². The lowest BCUT2D eigenvalue weighted by Crippen LogP contribution is -2.66. The number of hydrogen-bond acceptors (Lipinski definition) is 17. The van der Waals surface area contributed by atoms with E-state index in [1.807, 2.05) is 20.8 Å². The molecule has 3 fully saturated rings. The van der Waals surface area contributed by atoms with Crippen molar-refractivity contribution in [2.24, 2.45) is 17.8 Å². The molecule has 0 amide bonds. The monoisotopic (exact) mass is 850 g/mol. The van der Waals surface area contributed by atoms with Crippen molar-refractivity contribution in [1.29, 1.82) is 0 Å². The summed E-state index contributed by atoms with van der Waals surface area (Å²) in [6, 6.07) is -0.751. The summed E-state index contributed by atoms with van der Waals surface area (Å²) in [5.74, 6) is -2.41. The van der Waals surface area contributed by atoms with Crippen LogP contribution in [0, 0.1) is 17.8 Å². The van der Waals surface area contributed by atoms with Gasteiger partial charge in [0.2, 0.25) is 0 Å². The third-order valence-electron chi connectivity index (χ3n) is 11.7. The first-order valence-electron chi connectivity index (χ1n) is 21.1. The highest BCUT2D eigenvalue weighted by Gasteiger charge is 2.53. The third-order valence-corrected chi connectivity index (χ3v) is 11.7. The Bertz CT molecular complexity index is 1300. The highest BCUT2D eigenvalue weighted by molar-refractivity contribution is 5.72. The van der Waals surface area contributed by atoms with Gasteiger partial charge in [-0.1, -0.05) is 20.8 Å². The van der Waals surface area contributed by atoms with E-state index in [0.717, 1.165) is 0 Å². The molecule has 3 rings (SSSR count). The molecule has 0 aromatic carbocycles. The van der Waals surface area contributed by atoms with Crippen molar-refractivity contribution in [3.8, 4) is 0 Å². The van der Waals surface area contributed by atoms with Crippen molar-refractivity contribution < 1.29 is 77.1 Å². The summed E-state index contributed by atoms with van der Waals surface area (Å²) < 4.78 is 60.5. The number of ether oxygens (including phenoxy) is 10. The Morgan fingerprint density at radius 2 is 1.59 bits per heavy atom. The largest absolute Gasteiger partial charge is 0.463 e. The molecule has 3 aliphatic heterocycles. The van der Waals surface area contributed by atoms with Gasteiger partial charge in [0.05, 0.1) is 43.0 Å². The van der Waals surface area contributed by atoms with E-state index in [1.165, 1.54) is 28.3 Å². The molecule has 3 N–H and O–H groups in total. The number of cyclic esters (lactones) is 1. The molecular weight excluding hydrogens is 774 g/mol. The van der Waals surface area contributed by atoms with Crippen LogP contribution in [0.1, 0.15) is 107 Å². The second-order valence-electron chi connectivity index (χ2n) is 17.7. The normalized spacial score (nSPS) is 39.4. The quantitative estimate of drug-likeness (QED) is 0.130. The van der Waals surface area contributed by atoms with Gasteiger partial charge in [-0.15, -0.1) is 0 Å². The number of esters is 3. The molecule has 3 aliphatic rings. The van der Waals surface area contributed by atoms with Crippen LogP contribution >= 0.6 is 0 Å². The van der Waals surface area contributed by atoms with Crippen molar-refractivity contribution in [2.75, 3.05) is 35.4 Å².